The number of aryl methyl sites for hydroxylation is 2. The molecule has 1 saturated carbocycles. The number of amides is 2. The summed E-state index contributed by atoms with van der Waals surface area (Å²) in [5.41, 5.74) is 2.15. The van der Waals surface area contributed by atoms with E-state index in [9.17, 15) is 14.4 Å². The largest absolute Gasteiger partial charge is 0.455 e. The molecule has 7 nitrogen and oxygen atoms in total. The zero-order chi connectivity index (χ0) is 22.5. The molecular weight excluding hydrogens is 408 g/mol. The molecule has 0 radical (unpaired) electrons. The van der Waals surface area contributed by atoms with Crippen LogP contribution in [0.2, 0.25) is 0 Å². The van der Waals surface area contributed by atoms with Gasteiger partial charge in [-0.3, -0.25) is 14.4 Å². The van der Waals surface area contributed by atoms with Crippen molar-refractivity contribution < 1.29 is 23.9 Å². The summed E-state index contributed by atoms with van der Waals surface area (Å²) in [7, 11) is 0. The molecular formula is C25H30N2O5. The van der Waals surface area contributed by atoms with Crippen LogP contribution in [0.3, 0.4) is 0 Å². The van der Waals surface area contributed by atoms with Crippen LogP contribution in [0.15, 0.2) is 30.4 Å². The van der Waals surface area contributed by atoms with E-state index in [1.807, 2.05) is 38.1 Å². The number of hydrogen-bond donors (Lipinski definition) is 1. The topological polar surface area (TPSA) is 84.9 Å². The minimum Gasteiger partial charge on any atom is -0.455 e. The summed E-state index contributed by atoms with van der Waals surface area (Å²) >= 11 is 0. The summed E-state index contributed by atoms with van der Waals surface area (Å²) in [5.74, 6) is -2.32. The molecule has 2 amide bonds. The molecule has 1 N–H and O–H groups in total. The molecule has 2 saturated heterocycles. The SMILES string of the molecule is Cc1cc(C)cc(N2C[C@@]34C=C[C@@H](O3)[C@@H](C(=O)OCC(=O)NC3CCCCC3)[C@H]4C2=O)c1. The number of benzene rings is 1. The Morgan fingerprint density at radius 2 is 1.88 bits per heavy atom. The minimum atomic E-state index is -0.812. The van der Waals surface area contributed by atoms with Crippen molar-refractivity contribution in [3.8, 4) is 0 Å². The molecule has 3 heterocycles. The van der Waals surface area contributed by atoms with E-state index < -0.39 is 29.5 Å². The average molecular weight is 439 g/mol. The van der Waals surface area contributed by atoms with Crippen molar-refractivity contribution in [2.75, 3.05) is 18.1 Å². The number of anilines is 1. The fourth-order valence-electron chi connectivity index (χ4n) is 5.84. The third kappa shape index (κ3) is 3.62. The number of hydrogen-bond acceptors (Lipinski definition) is 5. The second kappa shape index (κ2) is 8.03. The normalized spacial score (nSPS) is 31.1. The number of esters is 1. The van der Waals surface area contributed by atoms with Crippen LogP contribution in [-0.4, -0.2) is 48.7 Å². The number of ether oxygens (including phenoxy) is 2. The molecule has 2 bridgehead atoms. The lowest BCUT2D eigenvalue weighted by Gasteiger charge is -2.24. The van der Waals surface area contributed by atoms with Gasteiger partial charge in [-0.2, -0.15) is 0 Å². The molecule has 1 aromatic carbocycles. The first kappa shape index (κ1) is 21.2. The highest BCUT2D eigenvalue weighted by Crippen LogP contribution is 2.53. The Kier molecular flexibility index (Phi) is 5.32. The predicted octanol–water partition coefficient (Wildman–Crippen LogP) is 2.58. The fourth-order valence-corrected chi connectivity index (χ4v) is 5.84. The summed E-state index contributed by atoms with van der Waals surface area (Å²) in [4.78, 5) is 40.4. The van der Waals surface area contributed by atoms with E-state index in [0.717, 1.165) is 42.5 Å². The predicted molar refractivity (Wildman–Crippen MR) is 118 cm³/mol. The highest BCUT2D eigenvalue weighted by Gasteiger charge is 2.67. The number of carbonyl (C=O) groups is 3. The van der Waals surface area contributed by atoms with Gasteiger partial charge in [0.1, 0.15) is 11.5 Å². The molecule has 1 aromatic rings. The van der Waals surface area contributed by atoms with Crippen molar-refractivity contribution in [2.45, 2.75) is 63.7 Å². The standard InChI is InChI=1S/C25H30N2O5/c1-15-10-16(2)12-18(11-15)27-14-25-9-8-19(32-25)21(22(25)23(27)29)24(30)31-13-20(28)26-17-6-4-3-5-7-17/h8-12,17,19,21-22H,3-7,13-14H2,1-2H3,(H,26,28)/t19-,21-,22+,25-/m1/s1. The van der Waals surface area contributed by atoms with Crippen molar-refractivity contribution in [3.63, 3.8) is 0 Å². The van der Waals surface area contributed by atoms with Crippen LogP contribution in [0.25, 0.3) is 0 Å². The molecule has 1 aliphatic carbocycles. The van der Waals surface area contributed by atoms with E-state index in [2.05, 4.69) is 11.4 Å². The molecule has 0 unspecified atom stereocenters. The maximum atomic E-state index is 13.4. The van der Waals surface area contributed by atoms with Crippen LogP contribution in [0.1, 0.15) is 43.2 Å². The van der Waals surface area contributed by atoms with Gasteiger partial charge in [0.2, 0.25) is 5.91 Å². The first-order chi connectivity index (χ1) is 15.4. The second-order valence-electron chi connectivity index (χ2n) is 9.68. The van der Waals surface area contributed by atoms with Crippen molar-refractivity contribution in [1.29, 1.82) is 0 Å². The van der Waals surface area contributed by atoms with Gasteiger partial charge >= 0.3 is 5.97 Å². The summed E-state index contributed by atoms with van der Waals surface area (Å²) in [5, 5.41) is 2.96. The Morgan fingerprint density at radius 1 is 1.16 bits per heavy atom. The van der Waals surface area contributed by atoms with Crippen LogP contribution in [0.5, 0.6) is 0 Å². The summed E-state index contributed by atoms with van der Waals surface area (Å²) < 4.78 is 11.5. The Morgan fingerprint density at radius 3 is 2.59 bits per heavy atom. The molecule has 170 valence electrons. The van der Waals surface area contributed by atoms with E-state index in [-0.39, 0.29) is 24.5 Å². The lowest BCUT2D eigenvalue weighted by Crippen LogP contribution is -2.42. The van der Waals surface area contributed by atoms with Gasteiger partial charge in [-0.25, -0.2) is 0 Å². The summed E-state index contributed by atoms with van der Waals surface area (Å²) in [6, 6.07) is 6.17. The monoisotopic (exact) mass is 438 g/mol. The third-order valence-electron chi connectivity index (χ3n) is 7.21. The highest BCUT2D eigenvalue weighted by atomic mass is 16.6. The molecule has 3 aliphatic heterocycles. The van der Waals surface area contributed by atoms with E-state index >= 15 is 0 Å². The van der Waals surface area contributed by atoms with E-state index in [0.29, 0.717) is 6.54 Å². The first-order valence-electron chi connectivity index (χ1n) is 11.6. The lowest BCUT2D eigenvalue weighted by molar-refractivity contribution is -0.155. The van der Waals surface area contributed by atoms with Crippen molar-refractivity contribution in [3.05, 3.63) is 41.5 Å². The van der Waals surface area contributed by atoms with Crippen LogP contribution in [-0.2, 0) is 23.9 Å². The maximum absolute atomic E-state index is 13.4. The molecule has 4 atom stereocenters. The smallest absolute Gasteiger partial charge is 0.313 e. The van der Waals surface area contributed by atoms with E-state index in [4.69, 9.17) is 9.47 Å². The van der Waals surface area contributed by atoms with E-state index in [1.165, 1.54) is 6.42 Å². The number of fused-ring (bicyclic) bond motifs is 1. The Labute approximate surface area is 188 Å². The number of nitrogens with zero attached hydrogens (tertiary/aromatic N) is 1. The van der Waals surface area contributed by atoms with Crippen LogP contribution < -0.4 is 10.2 Å². The van der Waals surface area contributed by atoms with Gasteiger partial charge in [0.05, 0.1) is 18.6 Å². The van der Waals surface area contributed by atoms with Gasteiger partial charge in [-0.1, -0.05) is 37.5 Å². The Balaban J connectivity index is 1.27. The third-order valence-corrected chi connectivity index (χ3v) is 7.21. The van der Waals surface area contributed by atoms with E-state index in [1.54, 1.807) is 4.90 Å². The zero-order valence-corrected chi connectivity index (χ0v) is 18.6. The molecule has 32 heavy (non-hydrogen) atoms. The minimum absolute atomic E-state index is 0.129. The molecule has 4 aliphatic rings. The van der Waals surface area contributed by atoms with Crippen molar-refractivity contribution >= 4 is 23.5 Å². The van der Waals surface area contributed by atoms with Gasteiger partial charge in [0.15, 0.2) is 6.61 Å². The van der Waals surface area contributed by atoms with Crippen LogP contribution in [0.4, 0.5) is 5.69 Å². The van der Waals surface area contributed by atoms with Gasteiger partial charge < -0.3 is 19.7 Å². The van der Waals surface area contributed by atoms with Gasteiger partial charge in [-0.15, -0.1) is 0 Å². The number of rotatable bonds is 5. The molecule has 3 fully saturated rings. The molecule has 0 aromatic heterocycles. The number of nitrogens with one attached hydrogen (secondary N) is 1. The summed E-state index contributed by atoms with van der Waals surface area (Å²) in [6.45, 7) is 4.04. The second-order valence-corrected chi connectivity index (χ2v) is 9.68. The molecule has 7 heteroatoms. The fraction of sp³-hybridized carbons (Fsp3) is 0.560. The number of carbonyl (C=O) groups excluding carboxylic acids is 3. The molecule has 5 rings (SSSR count). The quantitative estimate of drug-likeness (QED) is 0.564. The molecule has 1 spiro atoms. The van der Waals surface area contributed by atoms with Crippen LogP contribution >= 0.6 is 0 Å². The lowest BCUT2D eigenvalue weighted by atomic mass is 9.77. The van der Waals surface area contributed by atoms with Crippen LogP contribution in [0, 0.1) is 25.7 Å². The van der Waals surface area contributed by atoms with Crippen molar-refractivity contribution in [2.24, 2.45) is 11.8 Å². The van der Waals surface area contributed by atoms with Gasteiger partial charge in [0, 0.05) is 11.7 Å². The highest BCUT2D eigenvalue weighted by molar-refractivity contribution is 6.02. The Hall–Kier alpha value is -2.67. The first-order valence-corrected chi connectivity index (χ1v) is 11.6. The van der Waals surface area contributed by atoms with Gasteiger partial charge in [0.25, 0.3) is 5.91 Å². The maximum Gasteiger partial charge on any atom is 0.313 e. The average Bonchev–Trinajstić information content (AvgIpc) is 3.40. The zero-order valence-electron chi connectivity index (χ0n) is 18.6. The van der Waals surface area contributed by atoms with Gasteiger partial charge in [-0.05, 0) is 49.9 Å². The van der Waals surface area contributed by atoms with Crippen molar-refractivity contribution in [1.82, 2.24) is 5.32 Å². The Bertz CT molecular complexity index is 962. The summed E-state index contributed by atoms with van der Waals surface area (Å²) in [6.07, 6.45) is 8.65.